The van der Waals surface area contributed by atoms with Gasteiger partial charge in [0.05, 0.1) is 32.0 Å². The Balaban J connectivity index is 1.50. The van der Waals surface area contributed by atoms with E-state index in [-0.39, 0.29) is 29.3 Å². The summed E-state index contributed by atoms with van der Waals surface area (Å²) in [5.41, 5.74) is -0.161. The second kappa shape index (κ2) is 13.1. The third-order valence-electron chi connectivity index (χ3n) is 7.24. The topological polar surface area (TPSA) is 54.5 Å². The van der Waals surface area contributed by atoms with Crippen LogP contribution in [0.5, 0.6) is 5.75 Å². The molecule has 4 rings (SSSR count). The number of halogens is 4. The van der Waals surface area contributed by atoms with Gasteiger partial charge in [-0.15, -0.1) is 0 Å². The molecule has 11 heteroatoms. The third-order valence-corrected chi connectivity index (χ3v) is 7.24. The molecule has 0 aromatic heterocycles. The Morgan fingerprint density at radius 3 is 2.38 bits per heavy atom. The second-order valence-electron chi connectivity index (χ2n) is 9.98. The maximum atomic E-state index is 13.6. The summed E-state index contributed by atoms with van der Waals surface area (Å²) in [7, 11) is 2.92. The zero-order valence-corrected chi connectivity index (χ0v) is 22.3. The highest BCUT2D eigenvalue weighted by Gasteiger charge is 2.35. The molecule has 0 spiro atoms. The molecule has 2 aliphatic heterocycles. The van der Waals surface area contributed by atoms with E-state index in [1.807, 2.05) is 0 Å². The maximum Gasteiger partial charge on any atom is 0.416 e. The Morgan fingerprint density at radius 2 is 1.72 bits per heavy atom. The fourth-order valence-corrected chi connectivity index (χ4v) is 5.18. The standard InChI is InChI=1S/C28H35F4N3O4/c1-37-19-26-18-34(11-12-39-26)8-7-33-9-10-35(24(17-33)13-20-3-5-23(29)6-4-20)27(36)21-14-22(28(30,31)32)16-25(15-21)38-2/h3-6,14-16,24,26H,7-13,17-19H2,1-2H3/t24-,26+/m1/s1. The van der Waals surface area contributed by atoms with Gasteiger partial charge < -0.3 is 19.1 Å². The number of hydrogen-bond donors (Lipinski definition) is 0. The Morgan fingerprint density at radius 1 is 1.00 bits per heavy atom. The van der Waals surface area contributed by atoms with Crippen LogP contribution in [0.25, 0.3) is 0 Å². The van der Waals surface area contributed by atoms with Gasteiger partial charge in [0.25, 0.3) is 5.91 Å². The second-order valence-corrected chi connectivity index (χ2v) is 9.98. The summed E-state index contributed by atoms with van der Waals surface area (Å²) >= 11 is 0. The van der Waals surface area contributed by atoms with Crippen molar-refractivity contribution in [1.82, 2.24) is 14.7 Å². The van der Waals surface area contributed by atoms with E-state index in [0.717, 1.165) is 43.9 Å². The van der Waals surface area contributed by atoms with Crippen LogP contribution >= 0.6 is 0 Å². The van der Waals surface area contributed by atoms with E-state index in [1.54, 1.807) is 24.1 Å². The van der Waals surface area contributed by atoms with Crippen molar-refractivity contribution in [3.05, 3.63) is 65.0 Å². The van der Waals surface area contributed by atoms with Gasteiger partial charge >= 0.3 is 6.18 Å². The van der Waals surface area contributed by atoms with Gasteiger partial charge in [-0.25, -0.2) is 4.39 Å². The van der Waals surface area contributed by atoms with Gasteiger partial charge in [0.2, 0.25) is 0 Å². The minimum atomic E-state index is -4.61. The summed E-state index contributed by atoms with van der Waals surface area (Å²) in [4.78, 5) is 19.8. The number of morpholine rings is 1. The van der Waals surface area contributed by atoms with Crippen molar-refractivity contribution in [2.24, 2.45) is 0 Å². The molecule has 2 saturated heterocycles. The summed E-state index contributed by atoms with van der Waals surface area (Å²) in [5, 5.41) is 0. The van der Waals surface area contributed by atoms with Crippen molar-refractivity contribution in [2.45, 2.75) is 24.7 Å². The number of rotatable bonds is 9. The molecule has 0 bridgehead atoms. The van der Waals surface area contributed by atoms with E-state index in [4.69, 9.17) is 14.2 Å². The molecular weight excluding hydrogens is 518 g/mol. The molecule has 0 N–H and O–H groups in total. The van der Waals surface area contributed by atoms with Crippen LogP contribution in [-0.4, -0.2) is 106 Å². The largest absolute Gasteiger partial charge is 0.497 e. The van der Waals surface area contributed by atoms with E-state index in [2.05, 4.69) is 9.80 Å². The predicted molar refractivity (Wildman–Crippen MR) is 137 cm³/mol. The molecule has 0 aliphatic carbocycles. The molecule has 2 fully saturated rings. The lowest BCUT2D eigenvalue weighted by molar-refractivity contribution is -0.137. The smallest absolute Gasteiger partial charge is 0.416 e. The van der Waals surface area contributed by atoms with Crippen LogP contribution in [0.2, 0.25) is 0 Å². The van der Waals surface area contributed by atoms with Crippen LogP contribution in [0.1, 0.15) is 21.5 Å². The normalized spacial score (nSPS) is 21.2. The number of piperazine rings is 1. The average Bonchev–Trinajstić information content (AvgIpc) is 2.92. The molecule has 2 atom stereocenters. The Bertz CT molecular complexity index is 1100. The monoisotopic (exact) mass is 553 g/mol. The van der Waals surface area contributed by atoms with Crippen LogP contribution < -0.4 is 4.74 Å². The molecule has 1 amide bonds. The number of hydrogen-bond acceptors (Lipinski definition) is 6. The molecule has 2 aromatic rings. The summed E-state index contributed by atoms with van der Waals surface area (Å²) in [5.74, 6) is -0.869. The van der Waals surface area contributed by atoms with Gasteiger partial charge in [-0.3, -0.25) is 14.6 Å². The van der Waals surface area contributed by atoms with E-state index < -0.39 is 17.6 Å². The van der Waals surface area contributed by atoms with E-state index in [9.17, 15) is 22.4 Å². The van der Waals surface area contributed by atoms with E-state index >= 15 is 0 Å². The highest BCUT2D eigenvalue weighted by molar-refractivity contribution is 5.95. The fraction of sp³-hybridized carbons (Fsp3) is 0.536. The van der Waals surface area contributed by atoms with Crippen LogP contribution in [0.4, 0.5) is 17.6 Å². The van der Waals surface area contributed by atoms with Crippen LogP contribution in [0.3, 0.4) is 0 Å². The van der Waals surface area contributed by atoms with Crippen LogP contribution in [0.15, 0.2) is 42.5 Å². The first kappa shape index (κ1) is 29.3. The highest BCUT2D eigenvalue weighted by Crippen LogP contribution is 2.33. The van der Waals surface area contributed by atoms with Gasteiger partial charge in [-0.05, 0) is 42.3 Å². The van der Waals surface area contributed by atoms with Gasteiger partial charge in [0, 0.05) is 64.5 Å². The van der Waals surface area contributed by atoms with Crippen molar-refractivity contribution in [2.75, 3.05) is 73.2 Å². The minimum absolute atomic E-state index is 0.0285. The molecule has 7 nitrogen and oxygen atoms in total. The van der Waals surface area contributed by atoms with Crippen LogP contribution in [-0.2, 0) is 22.1 Å². The molecule has 0 saturated carbocycles. The number of carbonyl (C=O) groups excluding carboxylic acids is 1. The number of carbonyl (C=O) groups is 1. The lowest BCUT2D eigenvalue weighted by atomic mass is 10.00. The third kappa shape index (κ3) is 7.91. The number of amides is 1. The molecule has 214 valence electrons. The average molecular weight is 554 g/mol. The maximum absolute atomic E-state index is 13.6. The van der Waals surface area contributed by atoms with Crippen molar-refractivity contribution in [3.63, 3.8) is 0 Å². The van der Waals surface area contributed by atoms with Gasteiger partial charge in [0.15, 0.2) is 0 Å². The first-order valence-electron chi connectivity index (χ1n) is 13.0. The van der Waals surface area contributed by atoms with Gasteiger partial charge in [-0.1, -0.05) is 12.1 Å². The Labute approximate surface area is 226 Å². The number of alkyl halides is 3. The Hall–Kier alpha value is -2.73. The van der Waals surface area contributed by atoms with Crippen LogP contribution in [0, 0.1) is 5.82 Å². The molecular formula is C28H35F4N3O4. The van der Waals surface area contributed by atoms with Crippen molar-refractivity contribution >= 4 is 5.91 Å². The summed E-state index contributed by atoms with van der Waals surface area (Å²) in [6, 6.07) is 8.89. The lowest BCUT2D eigenvalue weighted by Gasteiger charge is -2.42. The minimum Gasteiger partial charge on any atom is -0.497 e. The molecule has 2 heterocycles. The predicted octanol–water partition coefficient (Wildman–Crippen LogP) is 3.57. The molecule has 2 aliphatic rings. The Kier molecular flexibility index (Phi) is 9.81. The first-order valence-corrected chi connectivity index (χ1v) is 13.0. The van der Waals surface area contributed by atoms with Crippen molar-refractivity contribution < 1.29 is 36.6 Å². The molecule has 0 radical (unpaired) electrons. The SMILES string of the molecule is COC[C@@H]1CN(CCN2CCN(C(=O)c3cc(OC)cc(C(F)(F)F)c3)[C@H](Cc3ccc(F)cc3)C2)CCO1. The summed E-state index contributed by atoms with van der Waals surface area (Å²) < 4.78 is 70.0. The number of ether oxygens (including phenoxy) is 3. The fourth-order valence-electron chi connectivity index (χ4n) is 5.18. The number of nitrogens with zero attached hydrogens (tertiary/aromatic N) is 3. The lowest BCUT2D eigenvalue weighted by Crippen LogP contribution is -2.57. The summed E-state index contributed by atoms with van der Waals surface area (Å²) in [6.45, 7) is 5.89. The zero-order valence-electron chi connectivity index (χ0n) is 22.3. The van der Waals surface area contributed by atoms with E-state index in [0.29, 0.717) is 39.3 Å². The number of methoxy groups -OCH3 is 2. The molecule has 39 heavy (non-hydrogen) atoms. The van der Waals surface area contributed by atoms with E-state index in [1.165, 1.54) is 25.3 Å². The number of benzene rings is 2. The van der Waals surface area contributed by atoms with Gasteiger partial charge in [-0.2, -0.15) is 13.2 Å². The summed E-state index contributed by atoms with van der Waals surface area (Å²) in [6.07, 6.45) is -4.13. The molecule has 0 unspecified atom stereocenters. The highest BCUT2D eigenvalue weighted by atomic mass is 19.4. The van der Waals surface area contributed by atoms with Gasteiger partial charge in [0.1, 0.15) is 11.6 Å². The van der Waals surface area contributed by atoms with Crippen molar-refractivity contribution in [3.8, 4) is 5.75 Å². The zero-order chi connectivity index (χ0) is 28.0. The first-order chi connectivity index (χ1) is 18.7. The van der Waals surface area contributed by atoms with Crippen molar-refractivity contribution in [1.29, 1.82) is 0 Å². The quantitative estimate of drug-likeness (QED) is 0.443. The molecule has 2 aromatic carbocycles.